The number of nitrogens with zero attached hydrogens (tertiary/aromatic N) is 3. The summed E-state index contributed by atoms with van der Waals surface area (Å²) < 4.78 is 57.0. The number of pyridine rings is 1. The molecular weight excluding hydrogens is 803 g/mol. The Morgan fingerprint density at radius 1 is 0.561 bits per heavy atom. The number of phenols is 1. The third kappa shape index (κ3) is 9.38. The van der Waals surface area contributed by atoms with Gasteiger partial charge in [-0.3, -0.25) is 9.55 Å². The van der Waals surface area contributed by atoms with Gasteiger partial charge in [0.25, 0.3) is 0 Å². The molecule has 1 N–H and O–H groups in total. The molecule has 8 rings (SSSR count). The lowest BCUT2D eigenvalue weighted by Crippen LogP contribution is -2.17. The second-order valence-electron chi connectivity index (χ2n) is 22.5. The fraction of sp³-hybridized carbons (Fsp3) is 0.323. The summed E-state index contributed by atoms with van der Waals surface area (Å²) in [7, 11) is 0. The van der Waals surface area contributed by atoms with Crippen LogP contribution >= 0.6 is 0 Å². The second-order valence-corrected chi connectivity index (χ2v) is 22.5. The van der Waals surface area contributed by atoms with E-state index in [1.54, 1.807) is 0 Å². The number of aromatic hydroxyl groups is 1. The molecule has 0 unspecified atom stereocenters. The van der Waals surface area contributed by atoms with Gasteiger partial charge < -0.3 is 5.11 Å². The van der Waals surface area contributed by atoms with Crippen molar-refractivity contribution in [3.63, 3.8) is 0 Å². The zero-order chi connectivity index (χ0) is 52.7. The molecule has 338 valence electrons. The van der Waals surface area contributed by atoms with Crippen molar-refractivity contribution in [3.05, 3.63) is 167 Å². The molecule has 2 heterocycles. The molecule has 0 amide bonds. The standard InChI is InChI=1S/C62H69N3O/c1-39(2)31-40-23-28-54(50(32-40)42-19-16-15-17-20-42)65-55-22-18-21-49(56(55)64-58(65)51-37-48(61(9,10)11)38-52(57(51)66)62(12,13)14)44-33-45(35-47(34-44)60(6,7)8)53-36-43(29-30-63-53)41-24-26-46(27-25-41)59(3,4)5/h15-30,32-39,66H,31H2,1-14H3/i24D,26D,27D,29D,30D,36D. The summed E-state index contributed by atoms with van der Waals surface area (Å²) in [5.74, 6) is 1.21. The van der Waals surface area contributed by atoms with E-state index in [-0.39, 0.29) is 64.4 Å². The third-order valence-electron chi connectivity index (χ3n) is 12.4. The largest absolute Gasteiger partial charge is 0.507 e. The fourth-order valence-electron chi connectivity index (χ4n) is 8.62. The summed E-state index contributed by atoms with van der Waals surface area (Å²) in [5.41, 5.74) is 10.3. The van der Waals surface area contributed by atoms with Gasteiger partial charge in [-0.25, -0.2) is 4.98 Å². The van der Waals surface area contributed by atoms with Crippen molar-refractivity contribution < 1.29 is 13.3 Å². The number of benzene rings is 6. The van der Waals surface area contributed by atoms with E-state index in [1.807, 2.05) is 51.1 Å². The van der Waals surface area contributed by atoms with Gasteiger partial charge in [-0.1, -0.05) is 182 Å². The Labute approximate surface area is 403 Å². The molecule has 8 aromatic rings. The first-order valence-corrected chi connectivity index (χ1v) is 23.3. The molecule has 0 saturated carbocycles. The summed E-state index contributed by atoms with van der Waals surface area (Å²) in [4.78, 5) is 10.2. The van der Waals surface area contributed by atoms with Crippen molar-refractivity contribution in [2.75, 3.05) is 0 Å². The maximum atomic E-state index is 12.6. The summed E-state index contributed by atoms with van der Waals surface area (Å²) >= 11 is 0. The van der Waals surface area contributed by atoms with E-state index >= 15 is 0 Å². The number of rotatable bonds is 8. The molecule has 0 bridgehead atoms. The average Bonchev–Trinajstić information content (AvgIpc) is 3.67. The van der Waals surface area contributed by atoms with Crippen LogP contribution in [0.2, 0.25) is 0 Å². The SMILES string of the molecule is [2H]c1cc(-c2c([2H])c([2H])nc(-c3cc(-c4cccc5c4nc(-c4cc(C(C)(C)C)cc(C(C)(C)C)c4O)n5-c4ccc(CC(C)C)cc4-c4ccccc4)cc(C(C)(C)C)c3)c2[2H])c([2H])c([2H])c1C(C)(C)C. The first-order chi connectivity index (χ1) is 33.5. The summed E-state index contributed by atoms with van der Waals surface area (Å²) in [6.45, 7) is 29.4. The Kier molecular flexibility index (Phi) is 10.1. The molecule has 0 radical (unpaired) electrons. The van der Waals surface area contributed by atoms with Gasteiger partial charge in [-0.15, -0.1) is 0 Å². The zero-order valence-electron chi connectivity index (χ0n) is 47.4. The van der Waals surface area contributed by atoms with Crippen LogP contribution in [0.15, 0.2) is 140 Å². The normalized spacial score (nSPS) is 13.9. The molecular formula is C62H69N3O. The van der Waals surface area contributed by atoms with Crippen molar-refractivity contribution in [1.29, 1.82) is 0 Å². The molecule has 4 nitrogen and oxygen atoms in total. The molecule has 0 atom stereocenters. The van der Waals surface area contributed by atoms with Gasteiger partial charge >= 0.3 is 0 Å². The molecule has 66 heavy (non-hydrogen) atoms. The first-order valence-electron chi connectivity index (χ1n) is 26.3. The van der Waals surface area contributed by atoms with Gasteiger partial charge in [0.2, 0.25) is 0 Å². The van der Waals surface area contributed by atoms with Gasteiger partial charge in [0.1, 0.15) is 11.6 Å². The van der Waals surface area contributed by atoms with E-state index in [4.69, 9.17) is 11.8 Å². The highest BCUT2D eigenvalue weighted by atomic mass is 16.3. The maximum absolute atomic E-state index is 12.6. The van der Waals surface area contributed by atoms with Crippen LogP contribution in [0.3, 0.4) is 0 Å². The zero-order valence-corrected chi connectivity index (χ0v) is 41.4. The molecule has 0 saturated heterocycles. The van der Waals surface area contributed by atoms with Crippen LogP contribution in [-0.4, -0.2) is 19.6 Å². The minimum atomic E-state index is -0.586. The summed E-state index contributed by atoms with van der Waals surface area (Å²) in [6, 6.07) is 34.2. The number of phenolic OH excluding ortho intramolecular Hbond substituents is 1. The maximum Gasteiger partial charge on any atom is 0.149 e. The van der Waals surface area contributed by atoms with Gasteiger partial charge in [0, 0.05) is 28.4 Å². The lowest BCUT2D eigenvalue weighted by Gasteiger charge is -2.27. The number of fused-ring (bicyclic) bond motifs is 1. The minimum Gasteiger partial charge on any atom is -0.507 e. The number of hydrogen-bond donors (Lipinski definition) is 1. The number of hydrogen-bond acceptors (Lipinski definition) is 3. The number of aromatic nitrogens is 3. The van der Waals surface area contributed by atoms with E-state index in [0.717, 1.165) is 56.6 Å². The molecule has 0 spiro atoms. The highest BCUT2D eigenvalue weighted by Crippen LogP contribution is 2.46. The highest BCUT2D eigenvalue weighted by molar-refractivity contribution is 5.98. The second kappa shape index (κ2) is 17.2. The Balaban J connectivity index is 1.47. The van der Waals surface area contributed by atoms with Crippen LogP contribution in [-0.2, 0) is 28.1 Å². The number of imidazole rings is 1. The van der Waals surface area contributed by atoms with Crippen molar-refractivity contribution in [2.45, 2.75) is 125 Å². The first kappa shape index (κ1) is 39.0. The van der Waals surface area contributed by atoms with Crippen LogP contribution in [0.25, 0.3) is 72.7 Å². The van der Waals surface area contributed by atoms with E-state index in [1.165, 1.54) is 11.6 Å². The molecule has 0 aliphatic carbocycles. The summed E-state index contributed by atoms with van der Waals surface area (Å²) in [6.07, 6.45) is 0.534. The van der Waals surface area contributed by atoms with Gasteiger partial charge in [0.05, 0.1) is 36.2 Å². The van der Waals surface area contributed by atoms with Crippen LogP contribution in [0.5, 0.6) is 5.75 Å². The van der Waals surface area contributed by atoms with E-state index in [0.29, 0.717) is 33.9 Å². The molecule has 2 aromatic heterocycles. The van der Waals surface area contributed by atoms with Crippen molar-refractivity contribution in [1.82, 2.24) is 14.5 Å². The Morgan fingerprint density at radius 3 is 1.91 bits per heavy atom. The number of para-hydroxylation sites is 1. The van der Waals surface area contributed by atoms with Gasteiger partial charge in [0.15, 0.2) is 0 Å². The Hall–Kier alpha value is -6.26. The van der Waals surface area contributed by atoms with Crippen LogP contribution in [0.1, 0.15) is 133 Å². The fourth-order valence-corrected chi connectivity index (χ4v) is 8.62. The topological polar surface area (TPSA) is 50.9 Å². The molecule has 4 heteroatoms. The quantitative estimate of drug-likeness (QED) is 0.165. The molecule has 6 aromatic carbocycles. The minimum absolute atomic E-state index is 0.00814. The van der Waals surface area contributed by atoms with Crippen molar-refractivity contribution in [3.8, 4) is 67.5 Å². The Bertz CT molecular complexity index is 3420. The van der Waals surface area contributed by atoms with Crippen LogP contribution < -0.4 is 0 Å². The van der Waals surface area contributed by atoms with Crippen LogP contribution in [0.4, 0.5) is 0 Å². The van der Waals surface area contributed by atoms with E-state index < -0.39 is 16.2 Å². The van der Waals surface area contributed by atoms with E-state index in [2.05, 4.69) is 152 Å². The molecule has 0 aliphatic heterocycles. The lowest BCUT2D eigenvalue weighted by atomic mass is 9.79. The monoisotopic (exact) mass is 878 g/mol. The predicted molar refractivity (Wildman–Crippen MR) is 281 cm³/mol. The van der Waals surface area contributed by atoms with Crippen molar-refractivity contribution >= 4 is 11.0 Å². The average molecular weight is 878 g/mol. The van der Waals surface area contributed by atoms with Gasteiger partial charge in [-0.05, 0) is 127 Å². The van der Waals surface area contributed by atoms with Crippen molar-refractivity contribution in [2.24, 2.45) is 5.92 Å². The summed E-state index contributed by atoms with van der Waals surface area (Å²) in [5, 5.41) is 12.6. The third-order valence-corrected chi connectivity index (χ3v) is 12.4. The molecule has 0 fully saturated rings. The lowest BCUT2D eigenvalue weighted by molar-refractivity contribution is 0.446. The van der Waals surface area contributed by atoms with Gasteiger partial charge in [-0.2, -0.15) is 0 Å². The molecule has 0 aliphatic rings. The smallest absolute Gasteiger partial charge is 0.149 e. The highest BCUT2D eigenvalue weighted by Gasteiger charge is 2.30. The van der Waals surface area contributed by atoms with Crippen LogP contribution in [0, 0.1) is 5.92 Å². The Morgan fingerprint density at radius 2 is 1.24 bits per heavy atom. The van der Waals surface area contributed by atoms with E-state index in [9.17, 15) is 6.48 Å². The predicted octanol–water partition coefficient (Wildman–Crippen LogP) is 16.8.